The molecular weight excluding hydrogens is 302 g/mol. The molecule has 116 valence electrons. The summed E-state index contributed by atoms with van der Waals surface area (Å²) < 4.78 is 0. The van der Waals surface area contributed by atoms with Crippen molar-refractivity contribution in [3.8, 4) is 16.9 Å². The number of benzene rings is 2. The van der Waals surface area contributed by atoms with E-state index in [1.54, 1.807) is 0 Å². The molecule has 0 aliphatic heterocycles. The Labute approximate surface area is 185 Å². The van der Waals surface area contributed by atoms with Gasteiger partial charge >= 0.3 is 59.1 Å². The molecule has 0 amide bonds. The number of hydrogen-bond acceptors (Lipinski definition) is 1. The van der Waals surface area contributed by atoms with Crippen LogP contribution in [0.3, 0.4) is 0 Å². The van der Waals surface area contributed by atoms with E-state index in [9.17, 15) is 5.11 Å². The van der Waals surface area contributed by atoms with Gasteiger partial charge in [0.15, 0.2) is 0 Å². The van der Waals surface area contributed by atoms with Crippen LogP contribution in [-0.4, -0.2) is 64.2 Å². The molecule has 0 aliphatic carbocycles. The first kappa shape index (κ1) is 23.2. The molecule has 1 nitrogen and oxygen atoms in total. The van der Waals surface area contributed by atoms with Gasteiger partial charge in [-0.2, -0.15) is 0 Å². The van der Waals surface area contributed by atoms with Gasteiger partial charge in [0.1, 0.15) is 5.75 Å². The molecule has 1 N–H and O–H groups in total. The molecule has 3 heteroatoms. The number of rotatable bonds is 7. The summed E-state index contributed by atoms with van der Waals surface area (Å²) in [6.07, 6.45) is 6.66. The molecule has 2 aromatic carbocycles. The van der Waals surface area contributed by atoms with Crippen molar-refractivity contribution in [2.75, 3.05) is 0 Å². The van der Waals surface area contributed by atoms with Gasteiger partial charge in [-0.25, -0.2) is 0 Å². The van der Waals surface area contributed by atoms with E-state index in [-0.39, 0.29) is 59.1 Å². The van der Waals surface area contributed by atoms with E-state index in [1.165, 1.54) is 29.5 Å². The fourth-order valence-corrected chi connectivity index (χ4v) is 2.84. The van der Waals surface area contributed by atoms with Gasteiger partial charge in [-0.3, -0.25) is 0 Å². The number of phenols is 1. The first-order valence-electron chi connectivity index (χ1n) is 8.17. The summed E-state index contributed by atoms with van der Waals surface area (Å²) in [5.74, 6) is 0.467. The SMILES string of the molecule is CCCCc1c(O)ccc(-c2ccccc2)c1CCCC.[NaH].[NaH]. The quantitative estimate of drug-likeness (QED) is 0.744. The molecular formula is C20H28Na2O. The zero-order chi connectivity index (χ0) is 15.1. The molecule has 0 spiro atoms. The second-order valence-electron chi connectivity index (χ2n) is 5.66. The summed E-state index contributed by atoms with van der Waals surface area (Å²) in [6, 6.07) is 14.5. The molecule has 0 aliphatic rings. The van der Waals surface area contributed by atoms with Crippen LogP contribution in [0.4, 0.5) is 0 Å². The van der Waals surface area contributed by atoms with Crippen LogP contribution in [0.5, 0.6) is 5.75 Å². The maximum absolute atomic E-state index is 10.3. The van der Waals surface area contributed by atoms with Crippen LogP contribution in [0.2, 0.25) is 0 Å². The third-order valence-electron chi connectivity index (χ3n) is 4.05. The molecule has 2 rings (SSSR count). The maximum atomic E-state index is 10.3. The third-order valence-corrected chi connectivity index (χ3v) is 4.05. The summed E-state index contributed by atoms with van der Waals surface area (Å²) in [5.41, 5.74) is 5.04. The van der Waals surface area contributed by atoms with E-state index in [0.717, 1.165) is 31.2 Å². The monoisotopic (exact) mass is 330 g/mol. The number of hydrogen-bond donors (Lipinski definition) is 1. The van der Waals surface area contributed by atoms with Crippen LogP contribution in [0.25, 0.3) is 11.1 Å². The van der Waals surface area contributed by atoms with Gasteiger partial charge in [0, 0.05) is 0 Å². The van der Waals surface area contributed by atoms with E-state index in [4.69, 9.17) is 0 Å². The summed E-state index contributed by atoms with van der Waals surface area (Å²) in [4.78, 5) is 0. The Bertz CT molecular complexity index is 567. The molecule has 0 saturated carbocycles. The molecule has 0 heterocycles. The molecule has 0 bridgehead atoms. The predicted octanol–water partition coefficient (Wildman–Crippen LogP) is 4.45. The average Bonchev–Trinajstić information content (AvgIpc) is 2.53. The molecule has 0 fully saturated rings. The van der Waals surface area contributed by atoms with Crippen molar-refractivity contribution in [2.24, 2.45) is 0 Å². The molecule has 0 radical (unpaired) electrons. The molecule has 0 saturated heterocycles. The number of phenolic OH excluding ortho intramolecular Hbond substituents is 1. The average molecular weight is 330 g/mol. The van der Waals surface area contributed by atoms with Crippen LogP contribution in [0.1, 0.15) is 50.7 Å². The summed E-state index contributed by atoms with van der Waals surface area (Å²) in [6.45, 7) is 4.42. The van der Waals surface area contributed by atoms with Gasteiger partial charge in [-0.15, -0.1) is 0 Å². The van der Waals surface area contributed by atoms with Gasteiger partial charge < -0.3 is 5.11 Å². The molecule has 0 aromatic heterocycles. The van der Waals surface area contributed by atoms with Crippen molar-refractivity contribution in [3.63, 3.8) is 0 Å². The zero-order valence-electron chi connectivity index (χ0n) is 13.2. The van der Waals surface area contributed by atoms with Crippen molar-refractivity contribution in [2.45, 2.75) is 52.4 Å². The zero-order valence-corrected chi connectivity index (χ0v) is 13.2. The van der Waals surface area contributed by atoms with E-state index in [1.807, 2.05) is 12.1 Å². The Hall–Kier alpha value is 0.240. The fraction of sp³-hybridized carbons (Fsp3) is 0.400. The van der Waals surface area contributed by atoms with E-state index >= 15 is 0 Å². The number of aromatic hydroxyl groups is 1. The fourth-order valence-electron chi connectivity index (χ4n) is 2.84. The summed E-state index contributed by atoms with van der Waals surface area (Å²) in [5, 5.41) is 10.3. The Balaban J connectivity index is 0.00000242. The van der Waals surface area contributed by atoms with Gasteiger partial charge in [0.2, 0.25) is 0 Å². The molecule has 0 unspecified atom stereocenters. The normalized spacial score (nSPS) is 9.83. The van der Waals surface area contributed by atoms with Crippen LogP contribution in [0.15, 0.2) is 42.5 Å². The summed E-state index contributed by atoms with van der Waals surface area (Å²) in [7, 11) is 0. The molecule has 2 aromatic rings. The van der Waals surface area contributed by atoms with Crippen LogP contribution < -0.4 is 0 Å². The van der Waals surface area contributed by atoms with Gasteiger partial charge in [-0.05, 0) is 54.0 Å². The minimum absolute atomic E-state index is 0. The second kappa shape index (κ2) is 12.6. The van der Waals surface area contributed by atoms with Crippen LogP contribution in [0, 0.1) is 0 Å². The first-order valence-corrected chi connectivity index (χ1v) is 8.17. The molecule has 0 atom stereocenters. The minimum atomic E-state index is 0. The van der Waals surface area contributed by atoms with Gasteiger partial charge in [0.25, 0.3) is 0 Å². The van der Waals surface area contributed by atoms with Crippen molar-refractivity contribution >= 4 is 59.1 Å². The Kier molecular flexibility index (Phi) is 12.7. The Morgan fingerprint density at radius 3 is 1.87 bits per heavy atom. The van der Waals surface area contributed by atoms with Gasteiger partial charge in [-0.1, -0.05) is 63.1 Å². The predicted molar refractivity (Wildman–Crippen MR) is 105 cm³/mol. The van der Waals surface area contributed by atoms with Crippen molar-refractivity contribution in [1.29, 1.82) is 0 Å². The Morgan fingerprint density at radius 2 is 1.30 bits per heavy atom. The van der Waals surface area contributed by atoms with Crippen molar-refractivity contribution in [3.05, 3.63) is 53.6 Å². The summed E-state index contributed by atoms with van der Waals surface area (Å²) >= 11 is 0. The van der Waals surface area contributed by atoms with Crippen LogP contribution >= 0.6 is 0 Å². The second-order valence-corrected chi connectivity index (χ2v) is 5.66. The standard InChI is InChI=1S/C20H26O.2Na.2H/c1-3-5-12-18-17(16-10-8-7-9-11-16)14-15-20(21)19(18)13-6-4-2;;;;/h7-11,14-15,21H,3-6,12-13H2,1-2H3;;;;. The van der Waals surface area contributed by atoms with Crippen molar-refractivity contribution in [1.82, 2.24) is 0 Å². The van der Waals surface area contributed by atoms with E-state index in [2.05, 4.69) is 44.2 Å². The van der Waals surface area contributed by atoms with Crippen molar-refractivity contribution < 1.29 is 5.11 Å². The van der Waals surface area contributed by atoms with Gasteiger partial charge in [0.05, 0.1) is 0 Å². The topological polar surface area (TPSA) is 20.2 Å². The first-order chi connectivity index (χ1) is 10.3. The molecule has 23 heavy (non-hydrogen) atoms. The van der Waals surface area contributed by atoms with E-state index < -0.39 is 0 Å². The third kappa shape index (κ3) is 6.57. The van der Waals surface area contributed by atoms with E-state index in [0.29, 0.717) is 5.75 Å². The Morgan fingerprint density at radius 1 is 0.739 bits per heavy atom. The van der Waals surface area contributed by atoms with Crippen LogP contribution in [-0.2, 0) is 12.8 Å². The number of unbranched alkanes of at least 4 members (excludes halogenated alkanes) is 2.